The number of carbonyl (C=O) groups is 1. The van der Waals surface area contributed by atoms with Crippen LogP contribution in [0, 0.1) is 6.92 Å². The molecule has 2 aromatic carbocycles. The number of fused-ring (bicyclic) bond motifs is 1. The third kappa shape index (κ3) is 4.02. The summed E-state index contributed by atoms with van der Waals surface area (Å²) >= 11 is 0. The SMILES string of the molecule is Cc1cc(O)nc2ccc(-c3ccc(S(=O)(=O)N4CCOCC4)cc3C(=O)N=[N+]=[N-])cc12. The largest absolute Gasteiger partial charge is 0.493 e. The van der Waals surface area contributed by atoms with Crippen molar-refractivity contribution in [3.8, 4) is 17.0 Å². The number of aryl methyl sites for hydroxylation is 1. The summed E-state index contributed by atoms with van der Waals surface area (Å²) in [5.74, 6) is -0.984. The molecular formula is C21H19N5O5S. The quantitative estimate of drug-likeness (QED) is 0.364. The first kappa shape index (κ1) is 21.7. The summed E-state index contributed by atoms with van der Waals surface area (Å²) < 4.78 is 32.6. The van der Waals surface area contributed by atoms with E-state index in [1.165, 1.54) is 28.6 Å². The molecule has 1 aliphatic heterocycles. The normalized spacial score (nSPS) is 14.8. The Morgan fingerprint density at radius 2 is 1.94 bits per heavy atom. The van der Waals surface area contributed by atoms with Crippen LogP contribution in [0.2, 0.25) is 0 Å². The van der Waals surface area contributed by atoms with Crippen molar-refractivity contribution in [2.45, 2.75) is 11.8 Å². The standard InChI is InChI=1S/C21H19N5O5S/c1-13-10-20(27)23-19-5-2-14(11-17(13)19)16-4-3-15(12-18(16)21(28)24-25-22)32(29,30)26-6-8-31-9-7-26/h2-5,10-12H,6-9H2,1H3,(H,23,27). The number of hydrogen-bond acceptors (Lipinski definition) is 6. The molecular weight excluding hydrogens is 434 g/mol. The molecule has 32 heavy (non-hydrogen) atoms. The number of sulfonamides is 1. The minimum atomic E-state index is -3.85. The minimum absolute atomic E-state index is 0.0270. The highest BCUT2D eigenvalue weighted by molar-refractivity contribution is 7.89. The Morgan fingerprint density at radius 1 is 1.19 bits per heavy atom. The van der Waals surface area contributed by atoms with Gasteiger partial charge in [0.1, 0.15) is 0 Å². The zero-order valence-electron chi connectivity index (χ0n) is 17.1. The van der Waals surface area contributed by atoms with Crippen LogP contribution in [-0.4, -0.2) is 55.0 Å². The summed E-state index contributed by atoms with van der Waals surface area (Å²) in [4.78, 5) is 19.2. The predicted molar refractivity (Wildman–Crippen MR) is 117 cm³/mol. The van der Waals surface area contributed by atoms with Crippen molar-refractivity contribution in [1.82, 2.24) is 9.29 Å². The van der Waals surface area contributed by atoms with Crippen molar-refractivity contribution < 1.29 is 23.1 Å². The van der Waals surface area contributed by atoms with Crippen LogP contribution in [0.4, 0.5) is 0 Å². The Balaban J connectivity index is 1.86. The molecule has 0 saturated carbocycles. The first-order chi connectivity index (χ1) is 15.3. The van der Waals surface area contributed by atoms with Crippen LogP contribution in [0.5, 0.6) is 5.88 Å². The van der Waals surface area contributed by atoms with Gasteiger partial charge in [-0.2, -0.15) is 4.31 Å². The molecule has 1 N–H and O–H groups in total. The zero-order valence-corrected chi connectivity index (χ0v) is 17.9. The van der Waals surface area contributed by atoms with E-state index in [0.717, 1.165) is 10.9 Å². The topological polar surface area (TPSA) is 146 Å². The molecule has 0 unspecified atom stereocenters. The maximum atomic E-state index is 13.0. The van der Waals surface area contributed by atoms with Crippen molar-refractivity contribution in [3.63, 3.8) is 0 Å². The minimum Gasteiger partial charge on any atom is -0.493 e. The average Bonchev–Trinajstić information content (AvgIpc) is 2.79. The Hall–Kier alpha value is -3.50. The molecule has 1 aliphatic rings. The fourth-order valence-electron chi connectivity index (χ4n) is 3.69. The highest BCUT2D eigenvalue weighted by atomic mass is 32.2. The maximum absolute atomic E-state index is 13.0. The predicted octanol–water partition coefficient (Wildman–Crippen LogP) is 3.39. The van der Waals surface area contributed by atoms with Gasteiger partial charge in [-0.1, -0.05) is 12.1 Å². The number of azide groups is 1. The molecule has 4 rings (SSSR count). The van der Waals surface area contributed by atoms with Gasteiger partial charge in [0.25, 0.3) is 0 Å². The van der Waals surface area contributed by atoms with Crippen molar-refractivity contribution in [2.75, 3.05) is 26.3 Å². The second kappa shape index (κ2) is 8.56. The van der Waals surface area contributed by atoms with Gasteiger partial charge >= 0.3 is 0 Å². The van der Waals surface area contributed by atoms with Gasteiger partial charge in [0.2, 0.25) is 21.8 Å². The molecule has 11 heteroatoms. The molecule has 0 atom stereocenters. The summed E-state index contributed by atoms with van der Waals surface area (Å²) in [5, 5.41) is 13.6. The van der Waals surface area contributed by atoms with Crippen molar-refractivity contribution in [1.29, 1.82) is 0 Å². The Labute approximate surface area is 183 Å². The lowest BCUT2D eigenvalue weighted by Gasteiger charge is -2.26. The van der Waals surface area contributed by atoms with Crippen molar-refractivity contribution >= 4 is 26.8 Å². The van der Waals surface area contributed by atoms with E-state index in [4.69, 9.17) is 10.3 Å². The van der Waals surface area contributed by atoms with Crippen molar-refractivity contribution in [2.24, 2.45) is 5.11 Å². The van der Waals surface area contributed by atoms with Crippen molar-refractivity contribution in [3.05, 3.63) is 64.0 Å². The van der Waals surface area contributed by atoms with Crippen LogP contribution < -0.4 is 0 Å². The summed E-state index contributed by atoms with van der Waals surface area (Å²) in [6.07, 6.45) is 0. The van der Waals surface area contributed by atoms with Crippen LogP contribution in [0.1, 0.15) is 15.9 Å². The molecule has 1 aromatic heterocycles. The number of aromatic hydroxyl groups is 1. The lowest BCUT2D eigenvalue weighted by atomic mass is 9.97. The van der Waals surface area contributed by atoms with Gasteiger partial charge in [-0.3, -0.25) is 4.79 Å². The smallest absolute Gasteiger partial charge is 0.249 e. The summed E-state index contributed by atoms with van der Waals surface area (Å²) in [5.41, 5.74) is 11.1. The molecule has 0 aliphatic carbocycles. The summed E-state index contributed by atoms with van der Waals surface area (Å²) in [6, 6.07) is 10.9. The zero-order chi connectivity index (χ0) is 22.9. The molecule has 164 valence electrons. The summed E-state index contributed by atoms with van der Waals surface area (Å²) in [7, 11) is -3.85. The Bertz CT molecular complexity index is 1380. The van der Waals surface area contributed by atoms with E-state index in [1.807, 2.05) is 6.92 Å². The number of nitrogens with zero attached hydrogens (tertiary/aromatic N) is 5. The highest BCUT2D eigenvalue weighted by Crippen LogP contribution is 2.32. The van der Waals surface area contributed by atoms with Gasteiger partial charge in [-0.25, -0.2) is 13.4 Å². The molecule has 3 aromatic rings. The van der Waals surface area contributed by atoms with E-state index in [1.54, 1.807) is 18.2 Å². The lowest BCUT2D eigenvalue weighted by molar-refractivity contribution is 0.0730. The molecule has 0 bridgehead atoms. The maximum Gasteiger partial charge on any atom is 0.249 e. The molecule has 0 radical (unpaired) electrons. The summed E-state index contributed by atoms with van der Waals surface area (Å²) in [6.45, 7) is 2.84. The van der Waals surface area contributed by atoms with Crippen LogP contribution in [0.3, 0.4) is 0 Å². The van der Waals surface area contributed by atoms with E-state index < -0.39 is 15.9 Å². The Morgan fingerprint density at radius 3 is 2.66 bits per heavy atom. The molecule has 1 amide bonds. The van der Waals surface area contributed by atoms with Gasteiger partial charge in [0.15, 0.2) is 0 Å². The van der Waals surface area contributed by atoms with E-state index in [2.05, 4.69) is 15.0 Å². The number of ether oxygens (including phenoxy) is 1. The molecule has 1 saturated heterocycles. The molecule has 0 spiro atoms. The first-order valence-corrected chi connectivity index (χ1v) is 11.2. The number of aromatic nitrogens is 1. The monoisotopic (exact) mass is 453 g/mol. The van der Waals surface area contributed by atoms with Crippen LogP contribution >= 0.6 is 0 Å². The van der Waals surface area contributed by atoms with Gasteiger partial charge in [-0.05, 0) is 58.5 Å². The Kier molecular flexibility index (Phi) is 5.81. The van der Waals surface area contributed by atoms with E-state index in [9.17, 15) is 18.3 Å². The second-order valence-corrected chi connectivity index (χ2v) is 9.19. The molecule has 10 nitrogen and oxygen atoms in total. The van der Waals surface area contributed by atoms with Crippen LogP contribution in [-0.2, 0) is 14.8 Å². The van der Waals surface area contributed by atoms with E-state index in [-0.39, 0.29) is 29.4 Å². The number of benzene rings is 2. The molecule has 2 heterocycles. The third-order valence-electron chi connectivity index (χ3n) is 5.28. The van der Waals surface area contributed by atoms with Crippen LogP contribution in [0.25, 0.3) is 32.5 Å². The van der Waals surface area contributed by atoms with Crippen LogP contribution in [0.15, 0.2) is 52.5 Å². The highest BCUT2D eigenvalue weighted by Gasteiger charge is 2.28. The van der Waals surface area contributed by atoms with Gasteiger partial charge in [0.05, 0.1) is 23.6 Å². The fourth-order valence-corrected chi connectivity index (χ4v) is 5.12. The third-order valence-corrected chi connectivity index (χ3v) is 7.17. The average molecular weight is 453 g/mol. The number of carbonyl (C=O) groups excluding carboxylic acids is 1. The number of morpholine rings is 1. The second-order valence-electron chi connectivity index (χ2n) is 7.25. The fraction of sp³-hybridized carbons (Fsp3) is 0.238. The molecule has 1 fully saturated rings. The number of amides is 1. The van der Waals surface area contributed by atoms with E-state index >= 15 is 0 Å². The first-order valence-electron chi connectivity index (χ1n) is 9.73. The number of pyridine rings is 1. The van der Waals surface area contributed by atoms with Gasteiger partial charge in [-0.15, -0.1) is 0 Å². The van der Waals surface area contributed by atoms with Gasteiger partial charge < -0.3 is 9.84 Å². The van der Waals surface area contributed by atoms with Gasteiger partial charge in [0, 0.05) is 35.0 Å². The number of rotatable bonds is 4. The lowest BCUT2D eigenvalue weighted by Crippen LogP contribution is -2.40. The number of hydrogen-bond donors (Lipinski definition) is 1. The van der Waals surface area contributed by atoms with E-state index in [0.29, 0.717) is 29.9 Å².